The molecule has 19 nitrogen and oxygen atoms in total. The number of ether oxygens (including phenoxy) is 1. The Hall–Kier alpha value is -7.91. The number of carbonyl (C=O) groups is 7. The molecule has 25 heteroatoms. The second-order valence-electron chi connectivity index (χ2n) is 18.0. The predicted molar refractivity (Wildman–Crippen MR) is 287 cm³/mol. The van der Waals surface area contributed by atoms with Crippen LogP contribution in [0.1, 0.15) is 56.3 Å². The van der Waals surface area contributed by atoms with E-state index in [-0.39, 0.29) is 71.4 Å². The number of carboxylic acids is 1. The summed E-state index contributed by atoms with van der Waals surface area (Å²) in [6.07, 6.45) is 0.849. The van der Waals surface area contributed by atoms with Crippen LogP contribution < -0.4 is 26.0 Å². The van der Waals surface area contributed by atoms with Crippen molar-refractivity contribution in [2.75, 3.05) is 7.05 Å². The number of phenols is 4. The maximum absolute atomic E-state index is 15.4. The Morgan fingerprint density at radius 1 is 0.615 bits per heavy atom. The van der Waals surface area contributed by atoms with Gasteiger partial charge < -0.3 is 61.4 Å². The smallest absolute Gasteiger partial charge is 0.326 e. The molecule has 0 fully saturated rings. The van der Waals surface area contributed by atoms with Gasteiger partial charge in [0.1, 0.15) is 36.0 Å². The van der Waals surface area contributed by atoms with Crippen molar-refractivity contribution in [2.45, 2.75) is 43.1 Å². The molecule has 10 rings (SSSR count). The second kappa shape index (κ2) is 21.8. The zero-order valence-corrected chi connectivity index (χ0v) is 44.3. The lowest BCUT2D eigenvalue weighted by atomic mass is 9.94. The van der Waals surface area contributed by atoms with Crippen molar-refractivity contribution in [2.24, 2.45) is 0 Å². The zero-order valence-electron chi connectivity index (χ0n) is 39.8. The molecule has 0 saturated heterocycles. The molecule has 10 N–H and O–H groups in total. The fourth-order valence-electron chi connectivity index (χ4n) is 9.04. The third-order valence-electron chi connectivity index (χ3n) is 13.1. The normalized spacial score (nSPS) is 18.9. The molecule has 0 radical (unpaired) electrons. The number of ketones is 1. The molecule has 7 aromatic rings. The third-order valence-corrected chi connectivity index (χ3v) is 14.8. The van der Waals surface area contributed by atoms with E-state index >= 15 is 9.59 Å². The van der Waals surface area contributed by atoms with Crippen molar-refractivity contribution < 1.29 is 63.8 Å². The first kappa shape index (κ1) is 54.9. The number of rotatable bonds is 6. The number of carboxylic acid groups (broad SMARTS) is 1. The van der Waals surface area contributed by atoms with Crippen LogP contribution in [-0.2, 0) is 41.6 Å². The second-order valence-corrected chi connectivity index (χ2v) is 20.5. The first-order valence-corrected chi connectivity index (χ1v) is 25.3. The Kier molecular flexibility index (Phi) is 15.4. The molecule has 400 valence electrons. The Morgan fingerprint density at radius 2 is 1.13 bits per heavy atom. The van der Waals surface area contributed by atoms with Crippen molar-refractivity contribution in [1.82, 2.24) is 31.2 Å². The average Bonchev–Trinajstić information content (AvgIpc) is 3.82. The van der Waals surface area contributed by atoms with Crippen molar-refractivity contribution in [1.29, 1.82) is 0 Å². The predicted octanol–water partition coefficient (Wildman–Crippen LogP) is 8.63. The number of H-pyrrole nitrogens is 1. The maximum Gasteiger partial charge on any atom is 0.326 e. The van der Waals surface area contributed by atoms with Crippen LogP contribution in [-0.4, -0.2) is 95.8 Å². The number of fused-ring (bicyclic) bond motifs is 10. The minimum atomic E-state index is -2.00. The number of Topliss-reactive ketones (excluding diaryl/α,β-unsaturated/α-hetero) is 1. The number of hydrogen-bond acceptors (Lipinski definition) is 12. The molecule has 4 heterocycles. The molecule has 3 aliphatic heterocycles. The van der Waals surface area contributed by atoms with Gasteiger partial charge in [0.15, 0.2) is 28.7 Å². The van der Waals surface area contributed by atoms with E-state index in [2.05, 4.69) is 26.3 Å². The topological polar surface area (TPSA) is 297 Å². The van der Waals surface area contributed by atoms with Gasteiger partial charge in [0.25, 0.3) is 5.91 Å². The van der Waals surface area contributed by atoms with E-state index < -0.39 is 111 Å². The zero-order chi connectivity index (χ0) is 56.2. The minimum absolute atomic E-state index is 0.000524. The highest BCUT2D eigenvalue weighted by Gasteiger charge is 2.39. The van der Waals surface area contributed by atoms with E-state index in [1.54, 1.807) is 30.3 Å². The van der Waals surface area contributed by atoms with E-state index in [0.717, 1.165) is 41.3 Å². The molecule has 0 aliphatic carbocycles. The van der Waals surface area contributed by atoms with Gasteiger partial charge in [0.05, 0.1) is 35.7 Å². The Bertz CT molecular complexity index is 3640. The maximum atomic E-state index is 15.4. The van der Waals surface area contributed by atoms with Gasteiger partial charge in [-0.1, -0.05) is 99.9 Å². The van der Waals surface area contributed by atoms with Crippen molar-refractivity contribution in [3.63, 3.8) is 0 Å². The number of benzene rings is 6. The molecule has 0 saturated carbocycles. The van der Waals surface area contributed by atoms with E-state index in [0.29, 0.717) is 22.0 Å². The Labute approximate surface area is 470 Å². The van der Waals surface area contributed by atoms with Crippen LogP contribution in [0.3, 0.4) is 0 Å². The number of aromatic nitrogens is 1. The fraction of sp³-hybridized carbons (Fsp3) is 0.151. The lowest BCUT2D eigenvalue weighted by molar-refractivity contribution is -0.150. The van der Waals surface area contributed by atoms with Gasteiger partial charge in [0.2, 0.25) is 29.4 Å². The van der Waals surface area contributed by atoms with Crippen LogP contribution >= 0.6 is 69.6 Å². The van der Waals surface area contributed by atoms with Crippen molar-refractivity contribution in [3.8, 4) is 45.6 Å². The summed E-state index contributed by atoms with van der Waals surface area (Å²) in [4.78, 5) is 105. The number of para-hydroxylation sites is 1. The van der Waals surface area contributed by atoms with Crippen molar-refractivity contribution >= 4 is 122 Å². The molecular weight excluding hydrogens is 1140 g/mol. The number of phenolic OH excluding ortho intramolecular Hbond substituents is 4. The summed E-state index contributed by atoms with van der Waals surface area (Å²) in [6.45, 7) is 0. The van der Waals surface area contributed by atoms with Crippen LogP contribution in [0.4, 0.5) is 0 Å². The summed E-state index contributed by atoms with van der Waals surface area (Å²) in [5.41, 5.74) is 0.520. The standard InChI is InChI=1S/C53H38Cl6N6O13/c1-65-37(53(76)77)9-20-5-7-26(8-6-20)78-38-18-21-10-29(44(38)67)28-4-2-3-27-25(19-60-42(27)28)17-36(61-51(74)43(66)24-15-34(58)47(70)35(59)16-24)48(71)62-40(22-11-30(54)45(68)31(55)12-22)49(72)63-39(21)50(73)64-41(52(65)75)23-13-32(56)46(69)33(57)14-23/h2-8,10-16,18-19,36-37,39-41,60,67-70H,9,17H2,1H3,(H,61,74)(H,62,71)(H,63,72)(H,64,73)(H,76,77)/t36-,37?,39-,40?,41?/m1/s1. The summed E-state index contributed by atoms with van der Waals surface area (Å²) in [5.74, 6) is -11.0. The van der Waals surface area contributed by atoms with E-state index in [4.69, 9.17) is 74.3 Å². The number of carbonyl (C=O) groups excluding carboxylic acids is 6. The molecule has 1 aromatic heterocycles. The third kappa shape index (κ3) is 10.7. The lowest BCUT2D eigenvalue weighted by Gasteiger charge is -2.31. The van der Waals surface area contributed by atoms with Gasteiger partial charge in [-0.25, -0.2) is 4.79 Å². The van der Waals surface area contributed by atoms with E-state index in [9.17, 15) is 49.5 Å². The van der Waals surface area contributed by atoms with Gasteiger partial charge in [-0.15, -0.1) is 0 Å². The molecule has 78 heavy (non-hydrogen) atoms. The quantitative estimate of drug-likeness (QED) is 0.0552. The number of aromatic hydroxyl groups is 4. The number of likely N-dealkylation sites (N-methyl/N-ethyl adjacent to an activating group) is 1. The number of aromatic amines is 1. The van der Waals surface area contributed by atoms with Crippen LogP contribution in [0.2, 0.25) is 30.1 Å². The summed E-state index contributed by atoms with van der Waals surface area (Å²) in [5, 5.41) is 62.4. The first-order chi connectivity index (χ1) is 37.0. The lowest BCUT2D eigenvalue weighted by Crippen LogP contribution is -2.53. The molecule has 9 bridgehead atoms. The number of nitrogens with one attached hydrogen (secondary N) is 5. The summed E-state index contributed by atoms with van der Waals surface area (Å²) in [7, 11) is 1.19. The molecular formula is C53H38Cl6N6O13. The fourth-order valence-corrected chi connectivity index (χ4v) is 10.5. The highest BCUT2D eigenvalue weighted by molar-refractivity contribution is 6.45. The molecule has 3 aliphatic rings. The highest BCUT2D eigenvalue weighted by Crippen LogP contribution is 2.45. The number of amides is 5. The number of halogens is 6. The molecule has 5 atom stereocenters. The van der Waals surface area contributed by atoms with Gasteiger partial charge >= 0.3 is 5.97 Å². The van der Waals surface area contributed by atoms with Gasteiger partial charge in [0, 0.05) is 48.2 Å². The van der Waals surface area contributed by atoms with Crippen LogP contribution in [0.5, 0.6) is 34.5 Å². The molecule has 0 spiro atoms. The van der Waals surface area contributed by atoms with Crippen molar-refractivity contribution in [3.05, 3.63) is 161 Å². The van der Waals surface area contributed by atoms with Crippen LogP contribution in [0, 0.1) is 0 Å². The van der Waals surface area contributed by atoms with Gasteiger partial charge in [-0.2, -0.15) is 0 Å². The van der Waals surface area contributed by atoms with E-state index in [1.165, 1.54) is 37.5 Å². The summed E-state index contributed by atoms with van der Waals surface area (Å²) < 4.78 is 6.31. The monoisotopic (exact) mass is 1180 g/mol. The number of aliphatic carboxylic acids is 1. The van der Waals surface area contributed by atoms with Gasteiger partial charge in [-0.3, -0.25) is 28.8 Å². The Morgan fingerprint density at radius 3 is 1.69 bits per heavy atom. The SMILES string of the molecule is CN1C(=O)C(c2cc(Cl)c(O)c(Cl)c2)NC(=O)[C@@H]2NC(=O)C(c3cc(Cl)c(O)c(Cl)c3)NC(=O)[C@H](NC(=O)C(=O)c3cc(Cl)c(O)c(Cl)c3)Cc3c[nH]c4c(cccc34)-c3cc2cc(c3O)Oc2ccc(cc2)CC1C(=O)O. The molecule has 6 aromatic carbocycles. The summed E-state index contributed by atoms with van der Waals surface area (Å²) in [6, 6.07) is 10.7. The largest absolute Gasteiger partial charge is 0.505 e. The number of hydrogen-bond donors (Lipinski definition) is 10. The minimum Gasteiger partial charge on any atom is -0.505 e. The number of nitrogens with zero attached hydrogens (tertiary/aromatic N) is 1. The average molecular weight is 1180 g/mol. The van der Waals surface area contributed by atoms with Gasteiger partial charge in [-0.05, 0) is 88.5 Å². The van der Waals surface area contributed by atoms with E-state index in [1.807, 2.05) is 0 Å². The highest BCUT2D eigenvalue weighted by atomic mass is 35.5. The van der Waals surface area contributed by atoms with Crippen LogP contribution in [0.15, 0.2) is 97.2 Å². The van der Waals surface area contributed by atoms with Crippen LogP contribution in [0.25, 0.3) is 22.0 Å². The molecule has 3 unspecified atom stereocenters. The Balaban J connectivity index is 1.27. The first-order valence-electron chi connectivity index (χ1n) is 23.0. The summed E-state index contributed by atoms with van der Waals surface area (Å²) >= 11 is 37.7. The molecule has 5 amide bonds.